The van der Waals surface area contributed by atoms with Crippen LogP contribution in [0.5, 0.6) is 0 Å². The second-order valence-corrected chi connectivity index (χ2v) is 4.97. The third-order valence-electron chi connectivity index (χ3n) is 2.37. The van der Waals surface area contributed by atoms with E-state index in [0.717, 1.165) is 12.1 Å². The van der Waals surface area contributed by atoms with E-state index in [1.54, 1.807) is 0 Å². The summed E-state index contributed by atoms with van der Waals surface area (Å²) < 4.78 is 27.4. The maximum atomic E-state index is 13.6. The van der Waals surface area contributed by atoms with E-state index in [9.17, 15) is 13.6 Å². The van der Waals surface area contributed by atoms with E-state index >= 15 is 0 Å². The fourth-order valence-corrected chi connectivity index (χ4v) is 2.17. The van der Waals surface area contributed by atoms with Gasteiger partial charge in [-0.05, 0) is 46.3 Å². The van der Waals surface area contributed by atoms with Gasteiger partial charge in [-0.3, -0.25) is 4.79 Å². The first kappa shape index (κ1) is 14.0. The van der Waals surface area contributed by atoms with E-state index in [1.165, 1.54) is 24.3 Å². The van der Waals surface area contributed by atoms with Crippen LogP contribution in [-0.4, -0.2) is 5.91 Å². The van der Waals surface area contributed by atoms with Crippen LogP contribution in [-0.2, 0) is 0 Å². The minimum atomic E-state index is -0.744. The molecular formula is C13H7BrClF2NO. The van der Waals surface area contributed by atoms with Gasteiger partial charge in [0.25, 0.3) is 5.91 Å². The minimum Gasteiger partial charge on any atom is -0.319 e. The molecule has 98 valence electrons. The molecule has 0 fully saturated rings. The molecule has 0 aliphatic carbocycles. The lowest BCUT2D eigenvalue weighted by atomic mass is 10.2. The number of hydrogen-bond donors (Lipinski definition) is 1. The Labute approximate surface area is 121 Å². The zero-order valence-corrected chi connectivity index (χ0v) is 11.7. The normalized spacial score (nSPS) is 10.3. The maximum Gasteiger partial charge on any atom is 0.259 e. The number of hydrogen-bond acceptors (Lipinski definition) is 1. The Morgan fingerprint density at radius 1 is 1.16 bits per heavy atom. The molecule has 1 N–H and O–H groups in total. The van der Waals surface area contributed by atoms with E-state index < -0.39 is 17.5 Å². The number of carbonyl (C=O) groups is 1. The minimum absolute atomic E-state index is 0.0652. The quantitative estimate of drug-likeness (QED) is 0.844. The Bertz CT molecular complexity index is 628. The first-order valence-corrected chi connectivity index (χ1v) is 6.36. The molecule has 2 nitrogen and oxygen atoms in total. The van der Waals surface area contributed by atoms with E-state index in [0.29, 0.717) is 4.47 Å². The predicted molar refractivity (Wildman–Crippen MR) is 73.5 cm³/mol. The number of rotatable bonds is 2. The predicted octanol–water partition coefficient (Wildman–Crippen LogP) is 4.63. The lowest BCUT2D eigenvalue weighted by Gasteiger charge is -2.08. The van der Waals surface area contributed by atoms with Crippen LogP contribution < -0.4 is 5.32 Å². The highest BCUT2D eigenvalue weighted by atomic mass is 79.9. The molecule has 6 heteroatoms. The van der Waals surface area contributed by atoms with Gasteiger partial charge in [-0.25, -0.2) is 8.78 Å². The van der Waals surface area contributed by atoms with Gasteiger partial charge in [-0.15, -0.1) is 0 Å². The van der Waals surface area contributed by atoms with Crippen LogP contribution in [0.25, 0.3) is 0 Å². The molecule has 0 unspecified atom stereocenters. The molecule has 0 heterocycles. The zero-order chi connectivity index (χ0) is 14.0. The van der Waals surface area contributed by atoms with Gasteiger partial charge in [0.1, 0.15) is 11.6 Å². The lowest BCUT2D eigenvalue weighted by Crippen LogP contribution is -2.15. The summed E-state index contributed by atoms with van der Waals surface area (Å²) in [7, 11) is 0. The van der Waals surface area contributed by atoms with Crippen molar-refractivity contribution in [1.82, 2.24) is 0 Å². The highest BCUT2D eigenvalue weighted by molar-refractivity contribution is 9.10. The molecule has 0 atom stereocenters. The van der Waals surface area contributed by atoms with Crippen LogP contribution in [0.15, 0.2) is 40.9 Å². The number of benzene rings is 2. The molecule has 0 aliphatic heterocycles. The van der Waals surface area contributed by atoms with Crippen molar-refractivity contribution in [1.29, 1.82) is 0 Å². The van der Waals surface area contributed by atoms with Crippen molar-refractivity contribution in [2.45, 2.75) is 0 Å². The smallest absolute Gasteiger partial charge is 0.259 e. The topological polar surface area (TPSA) is 29.1 Å². The third kappa shape index (κ3) is 3.11. The summed E-state index contributed by atoms with van der Waals surface area (Å²) in [4.78, 5) is 11.9. The average Bonchev–Trinajstić information content (AvgIpc) is 2.32. The summed E-state index contributed by atoms with van der Waals surface area (Å²) in [5, 5.41) is 2.50. The van der Waals surface area contributed by atoms with Gasteiger partial charge in [-0.1, -0.05) is 17.7 Å². The number of carbonyl (C=O) groups excluding carboxylic acids is 1. The zero-order valence-electron chi connectivity index (χ0n) is 9.38. The molecule has 0 aliphatic rings. The SMILES string of the molecule is O=C(Nc1ccc(Cl)cc1F)c1c(F)cccc1Br. The van der Waals surface area contributed by atoms with Gasteiger partial charge in [0.05, 0.1) is 11.3 Å². The van der Waals surface area contributed by atoms with Crippen molar-refractivity contribution in [3.05, 3.63) is 63.1 Å². The van der Waals surface area contributed by atoms with Crippen molar-refractivity contribution < 1.29 is 13.6 Å². The highest BCUT2D eigenvalue weighted by Gasteiger charge is 2.16. The van der Waals surface area contributed by atoms with Crippen LogP contribution in [0.4, 0.5) is 14.5 Å². The number of halogens is 4. The molecule has 2 rings (SSSR count). The van der Waals surface area contributed by atoms with Gasteiger partial charge in [-0.2, -0.15) is 0 Å². The molecule has 0 aromatic heterocycles. The molecule has 19 heavy (non-hydrogen) atoms. The van der Waals surface area contributed by atoms with Gasteiger partial charge in [0, 0.05) is 9.50 Å². The number of amides is 1. The van der Waals surface area contributed by atoms with Gasteiger partial charge >= 0.3 is 0 Å². The third-order valence-corrected chi connectivity index (χ3v) is 3.27. The lowest BCUT2D eigenvalue weighted by molar-refractivity contribution is 0.102. The van der Waals surface area contributed by atoms with Crippen molar-refractivity contribution in [3.8, 4) is 0 Å². The first-order valence-electron chi connectivity index (χ1n) is 5.19. The molecule has 0 radical (unpaired) electrons. The molecule has 0 saturated heterocycles. The molecular weight excluding hydrogens is 340 g/mol. The van der Waals surface area contributed by atoms with Crippen LogP contribution in [0, 0.1) is 11.6 Å². The standard InChI is InChI=1S/C13H7BrClF2NO/c14-8-2-1-3-9(16)12(8)13(19)18-11-5-4-7(15)6-10(11)17/h1-6H,(H,18,19). The Morgan fingerprint density at radius 3 is 2.53 bits per heavy atom. The summed E-state index contributed by atoms with van der Waals surface area (Å²) >= 11 is 8.68. The highest BCUT2D eigenvalue weighted by Crippen LogP contribution is 2.23. The van der Waals surface area contributed by atoms with E-state index in [-0.39, 0.29) is 16.3 Å². The summed E-state index contributed by atoms with van der Waals surface area (Å²) in [6.07, 6.45) is 0. The fourth-order valence-electron chi connectivity index (χ4n) is 1.49. The maximum absolute atomic E-state index is 13.6. The van der Waals surface area contributed by atoms with Crippen LogP contribution in [0.1, 0.15) is 10.4 Å². The van der Waals surface area contributed by atoms with E-state index in [4.69, 9.17) is 11.6 Å². The van der Waals surface area contributed by atoms with Crippen molar-refractivity contribution in [2.24, 2.45) is 0 Å². The monoisotopic (exact) mass is 345 g/mol. The first-order chi connectivity index (χ1) is 8.99. The van der Waals surface area contributed by atoms with Crippen LogP contribution in [0.3, 0.4) is 0 Å². The Balaban J connectivity index is 2.31. The van der Waals surface area contributed by atoms with Crippen molar-refractivity contribution in [3.63, 3.8) is 0 Å². The largest absolute Gasteiger partial charge is 0.319 e. The summed E-state index contributed by atoms with van der Waals surface area (Å²) in [6, 6.07) is 7.93. The summed E-state index contributed by atoms with van der Waals surface area (Å²) in [5.74, 6) is -2.12. The molecule has 0 spiro atoms. The Hall–Kier alpha value is -1.46. The van der Waals surface area contributed by atoms with Crippen LogP contribution in [0.2, 0.25) is 5.02 Å². The van der Waals surface area contributed by atoms with Crippen LogP contribution >= 0.6 is 27.5 Å². The molecule has 0 saturated carbocycles. The number of nitrogens with one attached hydrogen (secondary N) is 1. The molecule has 1 amide bonds. The summed E-state index contributed by atoms with van der Waals surface area (Å²) in [5.41, 5.74) is -0.249. The second kappa shape index (κ2) is 5.67. The van der Waals surface area contributed by atoms with Crippen molar-refractivity contribution in [2.75, 3.05) is 5.32 Å². The van der Waals surface area contributed by atoms with Gasteiger partial charge in [0.2, 0.25) is 0 Å². The summed E-state index contributed by atoms with van der Waals surface area (Å²) in [6.45, 7) is 0. The molecule has 0 bridgehead atoms. The molecule has 2 aromatic rings. The van der Waals surface area contributed by atoms with Gasteiger partial charge in [0.15, 0.2) is 0 Å². The van der Waals surface area contributed by atoms with Crippen molar-refractivity contribution >= 4 is 39.1 Å². The Kier molecular flexibility index (Phi) is 4.17. The van der Waals surface area contributed by atoms with E-state index in [2.05, 4.69) is 21.2 Å². The van der Waals surface area contributed by atoms with Gasteiger partial charge < -0.3 is 5.32 Å². The fraction of sp³-hybridized carbons (Fsp3) is 0. The van der Waals surface area contributed by atoms with E-state index in [1.807, 2.05) is 0 Å². The second-order valence-electron chi connectivity index (χ2n) is 3.67. The Morgan fingerprint density at radius 2 is 1.89 bits per heavy atom. The average molecular weight is 347 g/mol. The molecule has 2 aromatic carbocycles. The number of anilines is 1.